The van der Waals surface area contributed by atoms with Gasteiger partial charge in [0.05, 0.1) is 5.69 Å². The van der Waals surface area contributed by atoms with Crippen molar-refractivity contribution in [1.82, 2.24) is 9.97 Å². The van der Waals surface area contributed by atoms with Gasteiger partial charge in [-0.2, -0.15) is 0 Å². The molecule has 3 N–H and O–H groups in total. The van der Waals surface area contributed by atoms with Crippen LogP contribution in [-0.4, -0.2) is 15.1 Å². The largest absolute Gasteiger partial charge is 0.386 e. The molecule has 4 nitrogen and oxygen atoms in total. The highest BCUT2D eigenvalue weighted by molar-refractivity contribution is 5.84. The molecular formula is C16H15N3O. The van der Waals surface area contributed by atoms with Crippen molar-refractivity contribution in [3.63, 3.8) is 0 Å². The fourth-order valence-corrected chi connectivity index (χ4v) is 2.34. The first-order valence-electron chi connectivity index (χ1n) is 6.47. The zero-order valence-corrected chi connectivity index (χ0v) is 10.9. The molecule has 4 heteroatoms. The summed E-state index contributed by atoms with van der Waals surface area (Å²) < 4.78 is 0. The van der Waals surface area contributed by atoms with Gasteiger partial charge in [-0.15, -0.1) is 0 Å². The van der Waals surface area contributed by atoms with E-state index in [2.05, 4.69) is 9.97 Å². The zero-order chi connectivity index (χ0) is 13.9. The Hall–Kier alpha value is -2.46. The monoisotopic (exact) mass is 265 g/mol. The van der Waals surface area contributed by atoms with E-state index in [1.807, 2.05) is 42.5 Å². The van der Waals surface area contributed by atoms with Crippen molar-refractivity contribution in [2.75, 3.05) is 5.73 Å². The lowest BCUT2D eigenvalue weighted by Crippen LogP contribution is -2.07. The minimum absolute atomic E-state index is 0.403. The van der Waals surface area contributed by atoms with Crippen LogP contribution in [0.15, 0.2) is 54.9 Å². The highest BCUT2D eigenvalue weighted by Gasteiger charge is 2.14. The van der Waals surface area contributed by atoms with E-state index in [1.54, 1.807) is 12.4 Å². The molecule has 0 radical (unpaired) electrons. The number of pyridine rings is 2. The molecule has 0 aliphatic rings. The zero-order valence-electron chi connectivity index (χ0n) is 10.9. The highest BCUT2D eigenvalue weighted by Crippen LogP contribution is 2.25. The van der Waals surface area contributed by atoms with Crippen LogP contribution in [0.1, 0.15) is 17.4 Å². The first kappa shape index (κ1) is 12.6. The second-order valence-electron chi connectivity index (χ2n) is 4.69. The molecule has 0 amide bonds. The summed E-state index contributed by atoms with van der Waals surface area (Å²) in [6, 6.07) is 13.5. The number of aliphatic hydroxyl groups is 1. The Labute approximate surface area is 116 Å². The van der Waals surface area contributed by atoms with Crippen LogP contribution in [0.2, 0.25) is 0 Å². The van der Waals surface area contributed by atoms with Gasteiger partial charge in [-0.3, -0.25) is 4.98 Å². The number of nitrogens with two attached hydrogens (primary N) is 1. The van der Waals surface area contributed by atoms with Crippen molar-refractivity contribution in [2.24, 2.45) is 0 Å². The lowest BCUT2D eigenvalue weighted by atomic mass is 10.0. The predicted molar refractivity (Wildman–Crippen MR) is 79.1 cm³/mol. The summed E-state index contributed by atoms with van der Waals surface area (Å²) in [5.41, 5.74) is 7.32. The maximum Gasteiger partial charge on any atom is 0.126 e. The van der Waals surface area contributed by atoms with Crippen LogP contribution in [0, 0.1) is 0 Å². The maximum atomic E-state index is 10.5. The van der Waals surface area contributed by atoms with Crippen LogP contribution >= 0.6 is 0 Å². The molecule has 3 rings (SSSR count). The lowest BCUT2D eigenvalue weighted by Gasteiger charge is -2.13. The van der Waals surface area contributed by atoms with Gasteiger partial charge in [0, 0.05) is 24.2 Å². The number of nitrogens with zero attached hydrogens (tertiary/aromatic N) is 2. The summed E-state index contributed by atoms with van der Waals surface area (Å²) in [5.74, 6) is 0.451. The Morgan fingerprint density at radius 3 is 2.70 bits per heavy atom. The van der Waals surface area contributed by atoms with Gasteiger partial charge >= 0.3 is 0 Å². The molecule has 1 unspecified atom stereocenters. The molecule has 0 spiro atoms. The van der Waals surface area contributed by atoms with Crippen molar-refractivity contribution in [3.05, 3.63) is 66.1 Å². The fraction of sp³-hybridized carbons (Fsp3) is 0.125. The van der Waals surface area contributed by atoms with E-state index in [9.17, 15) is 5.11 Å². The first-order chi connectivity index (χ1) is 9.75. The Kier molecular flexibility index (Phi) is 3.31. The number of benzene rings is 1. The quantitative estimate of drug-likeness (QED) is 0.763. The van der Waals surface area contributed by atoms with Crippen LogP contribution in [0.4, 0.5) is 5.82 Å². The molecule has 0 aliphatic heterocycles. The number of nitrogen functional groups attached to an aromatic ring is 1. The van der Waals surface area contributed by atoms with Crippen molar-refractivity contribution in [1.29, 1.82) is 0 Å². The van der Waals surface area contributed by atoms with E-state index in [0.29, 0.717) is 17.9 Å². The number of aliphatic hydroxyl groups excluding tert-OH is 1. The van der Waals surface area contributed by atoms with Gasteiger partial charge in [-0.25, -0.2) is 4.98 Å². The molecule has 2 aromatic heterocycles. The van der Waals surface area contributed by atoms with Gasteiger partial charge in [0.25, 0.3) is 0 Å². The molecule has 0 fully saturated rings. The molecule has 2 heterocycles. The Morgan fingerprint density at radius 1 is 1.00 bits per heavy atom. The summed E-state index contributed by atoms with van der Waals surface area (Å²) in [6.07, 6.45) is 3.06. The topological polar surface area (TPSA) is 72.0 Å². The fourth-order valence-electron chi connectivity index (χ4n) is 2.34. The third kappa shape index (κ3) is 2.33. The SMILES string of the molecule is Nc1ncccc1CC(O)c1nccc2ccccc12. The molecular weight excluding hydrogens is 250 g/mol. The highest BCUT2D eigenvalue weighted by atomic mass is 16.3. The molecule has 1 aromatic carbocycles. The summed E-state index contributed by atoms with van der Waals surface area (Å²) >= 11 is 0. The van der Waals surface area contributed by atoms with Gasteiger partial charge in [-0.1, -0.05) is 30.3 Å². The molecule has 100 valence electrons. The minimum atomic E-state index is -0.701. The van der Waals surface area contributed by atoms with Gasteiger partial charge in [0.1, 0.15) is 11.9 Å². The Bertz CT molecular complexity index is 737. The van der Waals surface area contributed by atoms with Crippen LogP contribution in [0.5, 0.6) is 0 Å². The van der Waals surface area contributed by atoms with Crippen molar-refractivity contribution < 1.29 is 5.11 Å². The maximum absolute atomic E-state index is 10.5. The molecule has 0 saturated carbocycles. The second kappa shape index (κ2) is 5.27. The first-order valence-corrected chi connectivity index (χ1v) is 6.47. The number of fused-ring (bicyclic) bond motifs is 1. The standard InChI is InChI=1S/C16H15N3O/c17-16-12(5-3-8-19-16)10-14(20)15-13-6-2-1-4-11(13)7-9-18-15/h1-9,14,20H,10H2,(H2,17,19). The van der Waals surface area contributed by atoms with Crippen LogP contribution < -0.4 is 5.73 Å². The average molecular weight is 265 g/mol. The summed E-state index contributed by atoms with van der Waals surface area (Å²) in [5, 5.41) is 12.5. The Balaban J connectivity index is 1.97. The molecule has 0 aliphatic carbocycles. The van der Waals surface area contributed by atoms with Crippen molar-refractivity contribution >= 4 is 16.6 Å². The molecule has 3 aromatic rings. The van der Waals surface area contributed by atoms with Gasteiger partial charge in [-0.05, 0) is 23.1 Å². The normalized spacial score (nSPS) is 12.4. The average Bonchev–Trinajstić information content (AvgIpc) is 2.49. The van der Waals surface area contributed by atoms with E-state index in [1.165, 1.54) is 0 Å². The number of aromatic nitrogens is 2. The predicted octanol–water partition coefficient (Wildman–Crippen LogP) is 2.49. The van der Waals surface area contributed by atoms with Gasteiger partial charge in [0.2, 0.25) is 0 Å². The number of rotatable bonds is 3. The van der Waals surface area contributed by atoms with Crippen molar-refractivity contribution in [3.8, 4) is 0 Å². The summed E-state index contributed by atoms with van der Waals surface area (Å²) in [7, 11) is 0. The lowest BCUT2D eigenvalue weighted by molar-refractivity contribution is 0.175. The molecule has 0 saturated heterocycles. The van der Waals surface area contributed by atoms with Gasteiger partial charge < -0.3 is 10.8 Å². The van der Waals surface area contributed by atoms with Crippen LogP contribution in [-0.2, 0) is 6.42 Å². The van der Waals surface area contributed by atoms with E-state index in [0.717, 1.165) is 16.3 Å². The number of hydrogen-bond donors (Lipinski definition) is 2. The molecule has 0 bridgehead atoms. The summed E-state index contributed by atoms with van der Waals surface area (Å²) in [6.45, 7) is 0. The third-order valence-corrected chi connectivity index (χ3v) is 3.36. The van der Waals surface area contributed by atoms with Crippen molar-refractivity contribution in [2.45, 2.75) is 12.5 Å². The van der Waals surface area contributed by atoms with Crippen LogP contribution in [0.25, 0.3) is 10.8 Å². The smallest absolute Gasteiger partial charge is 0.126 e. The minimum Gasteiger partial charge on any atom is -0.386 e. The van der Waals surface area contributed by atoms with Gasteiger partial charge in [0.15, 0.2) is 0 Å². The third-order valence-electron chi connectivity index (χ3n) is 3.36. The molecule has 1 atom stereocenters. The van der Waals surface area contributed by atoms with E-state index >= 15 is 0 Å². The second-order valence-corrected chi connectivity index (χ2v) is 4.69. The summed E-state index contributed by atoms with van der Waals surface area (Å²) in [4.78, 5) is 8.36. The molecule has 20 heavy (non-hydrogen) atoms. The Morgan fingerprint density at radius 2 is 1.85 bits per heavy atom. The van der Waals surface area contributed by atoms with E-state index in [4.69, 9.17) is 5.73 Å². The number of anilines is 1. The van der Waals surface area contributed by atoms with E-state index < -0.39 is 6.10 Å². The number of hydrogen-bond acceptors (Lipinski definition) is 4. The van der Waals surface area contributed by atoms with E-state index in [-0.39, 0.29) is 0 Å². The van der Waals surface area contributed by atoms with Crippen LogP contribution in [0.3, 0.4) is 0 Å².